The fraction of sp³-hybridized carbons (Fsp3) is 0.0588. The maximum atomic E-state index is 13.9. The summed E-state index contributed by atoms with van der Waals surface area (Å²) in [6, 6.07) is 16.4. The maximum absolute atomic E-state index is 13.9. The largest absolute Gasteiger partial charge is 0.454 e. The molecule has 0 aliphatic rings. The zero-order valence-electron chi connectivity index (χ0n) is 11.1. The molecule has 0 fully saturated rings. The summed E-state index contributed by atoms with van der Waals surface area (Å²) in [7, 11) is 0. The van der Waals surface area contributed by atoms with E-state index in [4.69, 9.17) is 10.5 Å². The number of nitrogens with two attached hydrogens (primary N) is 1. The van der Waals surface area contributed by atoms with Gasteiger partial charge in [0.1, 0.15) is 5.75 Å². The number of para-hydroxylation sites is 1. The van der Waals surface area contributed by atoms with Crippen LogP contribution in [0.3, 0.4) is 0 Å². The van der Waals surface area contributed by atoms with Crippen molar-refractivity contribution in [1.82, 2.24) is 0 Å². The highest BCUT2D eigenvalue weighted by Gasteiger charge is 2.10. The number of halogens is 2. The molecular weight excluding hydrogens is 333 g/mol. The lowest BCUT2D eigenvalue weighted by Gasteiger charge is -2.11. The molecule has 0 radical (unpaired) electrons. The summed E-state index contributed by atoms with van der Waals surface area (Å²) in [4.78, 5) is 0. The van der Waals surface area contributed by atoms with Crippen molar-refractivity contribution in [3.05, 3.63) is 70.5 Å². The third-order valence-electron chi connectivity index (χ3n) is 3.26. The highest BCUT2D eigenvalue weighted by atomic mass is 79.9. The Kier molecular flexibility index (Phi) is 3.90. The third kappa shape index (κ3) is 2.91. The van der Waals surface area contributed by atoms with E-state index in [-0.39, 0.29) is 12.3 Å². The monoisotopic (exact) mass is 345 g/mol. The van der Waals surface area contributed by atoms with Gasteiger partial charge < -0.3 is 10.5 Å². The SMILES string of the molecule is NCc1cccc(F)c1Oc1ccc2cc(Br)ccc2c1. The molecule has 0 aliphatic heterocycles. The van der Waals surface area contributed by atoms with E-state index in [2.05, 4.69) is 15.9 Å². The smallest absolute Gasteiger partial charge is 0.167 e. The number of ether oxygens (including phenoxy) is 1. The first-order valence-electron chi connectivity index (χ1n) is 6.52. The molecule has 0 aliphatic carbocycles. The minimum absolute atomic E-state index is 0.191. The Morgan fingerprint density at radius 3 is 2.57 bits per heavy atom. The molecule has 0 aromatic heterocycles. The molecule has 106 valence electrons. The normalized spacial score (nSPS) is 10.8. The number of hydrogen-bond acceptors (Lipinski definition) is 2. The van der Waals surface area contributed by atoms with Crippen LogP contribution < -0.4 is 10.5 Å². The lowest BCUT2D eigenvalue weighted by Crippen LogP contribution is -2.01. The number of fused-ring (bicyclic) bond motifs is 1. The summed E-state index contributed by atoms with van der Waals surface area (Å²) in [6.45, 7) is 0.230. The molecule has 0 bridgehead atoms. The van der Waals surface area contributed by atoms with Crippen molar-refractivity contribution < 1.29 is 9.13 Å². The van der Waals surface area contributed by atoms with Gasteiger partial charge in [-0.25, -0.2) is 4.39 Å². The molecule has 0 saturated heterocycles. The second kappa shape index (κ2) is 5.84. The van der Waals surface area contributed by atoms with Crippen LogP contribution in [-0.2, 0) is 6.54 Å². The van der Waals surface area contributed by atoms with Gasteiger partial charge in [-0.2, -0.15) is 0 Å². The van der Waals surface area contributed by atoms with Crippen molar-refractivity contribution in [3.63, 3.8) is 0 Å². The lowest BCUT2D eigenvalue weighted by molar-refractivity contribution is 0.437. The summed E-state index contributed by atoms with van der Waals surface area (Å²) >= 11 is 3.44. The first-order chi connectivity index (χ1) is 10.2. The predicted octanol–water partition coefficient (Wildman–Crippen LogP) is 4.99. The van der Waals surface area contributed by atoms with E-state index in [0.717, 1.165) is 15.2 Å². The van der Waals surface area contributed by atoms with E-state index in [0.29, 0.717) is 11.3 Å². The molecule has 3 aromatic carbocycles. The standard InChI is InChI=1S/C17H13BrFNO/c18-14-6-4-12-9-15(7-5-11(12)8-14)21-17-13(10-20)2-1-3-16(17)19/h1-9H,10,20H2. The van der Waals surface area contributed by atoms with Gasteiger partial charge in [0.2, 0.25) is 0 Å². The Balaban J connectivity index is 2.00. The van der Waals surface area contributed by atoms with Gasteiger partial charge in [-0.1, -0.05) is 40.2 Å². The average molecular weight is 346 g/mol. The van der Waals surface area contributed by atoms with Gasteiger partial charge in [-0.3, -0.25) is 0 Å². The molecule has 3 rings (SSSR count). The van der Waals surface area contributed by atoms with Gasteiger partial charge >= 0.3 is 0 Å². The highest BCUT2D eigenvalue weighted by Crippen LogP contribution is 2.31. The minimum atomic E-state index is -0.408. The highest BCUT2D eigenvalue weighted by molar-refractivity contribution is 9.10. The van der Waals surface area contributed by atoms with Gasteiger partial charge in [0.15, 0.2) is 11.6 Å². The zero-order chi connectivity index (χ0) is 14.8. The fourth-order valence-corrected chi connectivity index (χ4v) is 2.58. The Morgan fingerprint density at radius 2 is 1.76 bits per heavy atom. The first kappa shape index (κ1) is 14.0. The second-order valence-corrected chi connectivity index (χ2v) is 5.60. The van der Waals surface area contributed by atoms with Crippen molar-refractivity contribution in [3.8, 4) is 11.5 Å². The predicted molar refractivity (Wildman–Crippen MR) is 86.0 cm³/mol. The van der Waals surface area contributed by atoms with Crippen LogP contribution >= 0.6 is 15.9 Å². The molecule has 2 nitrogen and oxygen atoms in total. The molecule has 2 N–H and O–H groups in total. The molecule has 0 spiro atoms. The zero-order valence-corrected chi connectivity index (χ0v) is 12.7. The van der Waals surface area contributed by atoms with Crippen molar-refractivity contribution in [2.24, 2.45) is 5.73 Å². The second-order valence-electron chi connectivity index (χ2n) is 4.69. The van der Waals surface area contributed by atoms with Crippen LogP contribution in [0.2, 0.25) is 0 Å². The van der Waals surface area contributed by atoms with Crippen LogP contribution in [0.1, 0.15) is 5.56 Å². The Hall–Kier alpha value is -1.91. The van der Waals surface area contributed by atoms with Crippen molar-refractivity contribution in [2.45, 2.75) is 6.54 Å². The number of rotatable bonds is 3. The molecule has 0 unspecified atom stereocenters. The molecular formula is C17H13BrFNO. The van der Waals surface area contributed by atoms with Gasteiger partial charge in [0.05, 0.1) is 0 Å². The molecule has 0 amide bonds. The summed E-state index contributed by atoms with van der Waals surface area (Å²) in [5.74, 6) is 0.370. The Morgan fingerprint density at radius 1 is 1.00 bits per heavy atom. The fourth-order valence-electron chi connectivity index (χ4n) is 2.20. The van der Waals surface area contributed by atoms with Gasteiger partial charge in [-0.15, -0.1) is 0 Å². The van der Waals surface area contributed by atoms with E-state index < -0.39 is 5.82 Å². The maximum Gasteiger partial charge on any atom is 0.167 e. The topological polar surface area (TPSA) is 35.2 Å². The van der Waals surface area contributed by atoms with E-state index >= 15 is 0 Å². The summed E-state index contributed by atoms with van der Waals surface area (Å²) in [6.07, 6.45) is 0. The van der Waals surface area contributed by atoms with E-state index in [1.54, 1.807) is 12.1 Å². The average Bonchev–Trinajstić information content (AvgIpc) is 2.49. The number of hydrogen-bond donors (Lipinski definition) is 1. The quantitative estimate of drug-likeness (QED) is 0.725. The molecule has 4 heteroatoms. The number of benzene rings is 3. The van der Waals surface area contributed by atoms with Crippen molar-refractivity contribution in [2.75, 3.05) is 0 Å². The van der Waals surface area contributed by atoms with Crippen LogP contribution in [0, 0.1) is 5.82 Å². The van der Waals surface area contributed by atoms with Crippen LogP contribution in [0.4, 0.5) is 4.39 Å². The van der Waals surface area contributed by atoms with Crippen LogP contribution in [0.5, 0.6) is 11.5 Å². The third-order valence-corrected chi connectivity index (χ3v) is 3.76. The van der Waals surface area contributed by atoms with Crippen LogP contribution in [0.25, 0.3) is 10.8 Å². The molecule has 0 saturated carbocycles. The van der Waals surface area contributed by atoms with E-state index in [1.807, 2.05) is 36.4 Å². The van der Waals surface area contributed by atoms with E-state index in [1.165, 1.54) is 6.07 Å². The molecule has 21 heavy (non-hydrogen) atoms. The molecule has 3 aromatic rings. The van der Waals surface area contributed by atoms with Crippen molar-refractivity contribution in [1.29, 1.82) is 0 Å². The van der Waals surface area contributed by atoms with Crippen LogP contribution in [0.15, 0.2) is 59.1 Å². The Bertz CT molecular complexity index is 804. The van der Waals surface area contributed by atoms with Crippen molar-refractivity contribution >= 4 is 26.7 Å². The van der Waals surface area contributed by atoms with Gasteiger partial charge in [0, 0.05) is 16.6 Å². The summed E-state index contributed by atoms with van der Waals surface area (Å²) in [5.41, 5.74) is 6.27. The van der Waals surface area contributed by atoms with Gasteiger partial charge in [-0.05, 0) is 41.1 Å². The minimum Gasteiger partial charge on any atom is -0.454 e. The summed E-state index contributed by atoms with van der Waals surface area (Å²) < 4.78 is 20.6. The van der Waals surface area contributed by atoms with Gasteiger partial charge in [0.25, 0.3) is 0 Å². The first-order valence-corrected chi connectivity index (χ1v) is 7.31. The van der Waals surface area contributed by atoms with E-state index in [9.17, 15) is 4.39 Å². The van der Waals surface area contributed by atoms with Crippen LogP contribution in [-0.4, -0.2) is 0 Å². The lowest BCUT2D eigenvalue weighted by atomic mass is 10.1. The Labute approximate surface area is 130 Å². The molecule has 0 heterocycles. The summed E-state index contributed by atoms with van der Waals surface area (Å²) in [5, 5.41) is 2.12. The molecule has 0 atom stereocenters.